The molecule has 0 spiro atoms. The standard InChI is InChI=1S/C32H37Cl2FN4O3S2/c1-32(2,23-9-15-26(33)28(19-23)42-6)30-20-36-31(38(30)25-12-10-24(35)11-13-25)43-21-22-8-14-27(34)29(18-22)44(40,41)37-16-7-17-39(3,4)5/h8-15,18-20H,7,16-17,21H2,1-6H3. The van der Waals surface area contributed by atoms with Crippen LogP contribution in [0.1, 0.15) is 37.1 Å². The first-order valence-electron chi connectivity index (χ1n) is 14.0. The fourth-order valence-corrected chi connectivity index (χ4v) is 7.36. The largest absolute Gasteiger partial charge is 0.544 e. The number of hydrogen-bond acceptors (Lipinski definition) is 5. The predicted molar refractivity (Wildman–Crippen MR) is 178 cm³/mol. The van der Waals surface area contributed by atoms with Gasteiger partial charge in [0.15, 0.2) is 5.16 Å². The smallest absolute Gasteiger partial charge is 0.173 e. The van der Waals surface area contributed by atoms with E-state index in [1.165, 1.54) is 23.9 Å². The highest BCUT2D eigenvalue weighted by atomic mass is 35.5. The van der Waals surface area contributed by atoms with Gasteiger partial charge in [0.1, 0.15) is 21.6 Å². The summed E-state index contributed by atoms with van der Waals surface area (Å²) in [5, 5.41) is 1.30. The van der Waals surface area contributed by atoms with Crippen molar-refractivity contribution in [2.45, 2.75) is 41.5 Å². The number of aromatic nitrogens is 2. The summed E-state index contributed by atoms with van der Waals surface area (Å²) in [6.45, 7) is 5.14. The number of quaternary nitrogens is 1. The van der Waals surface area contributed by atoms with E-state index >= 15 is 0 Å². The molecule has 4 rings (SSSR count). The molecule has 236 valence electrons. The average molecular weight is 680 g/mol. The number of halogens is 3. The lowest BCUT2D eigenvalue weighted by molar-refractivity contribution is -0.870. The van der Waals surface area contributed by atoms with Crippen LogP contribution >= 0.6 is 35.0 Å². The topological polar surface area (TPSA) is 75.3 Å². The van der Waals surface area contributed by atoms with E-state index in [0.29, 0.717) is 28.1 Å². The summed E-state index contributed by atoms with van der Waals surface area (Å²) >= 11 is 14.1. The number of thioether (sulfide) groups is 1. The fraction of sp³-hybridized carbons (Fsp3) is 0.344. The molecule has 0 N–H and O–H groups in total. The lowest BCUT2D eigenvalue weighted by atomic mass is 9.81. The highest BCUT2D eigenvalue weighted by molar-refractivity contribution is 7.98. The fourth-order valence-electron chi connectivity index (χ4n) is 4.70. The molecule has 0 atom stereocenters. The van der Waals surface area contributed by atoms with Gasteiger partial charge in [-0.3, -0.25) is 4.57 Å². The second-order valence-electron chi connectivity index (χ2n) is 12.0. The molecule has 0 aliphatic rings. The number of methoxy groups -OCH3 is 1. The van der Waals surface area contributed by atoms with Crippen LogP contribution in [0.2, 0.25) is 10.0 Å². The van der Waals surface area contributed by atoms with Gasteiger partial charge in [-0.1, -0.05) is 60.9 Å². The molecular formula is C32H37Cl2FN4O3S2. The summed E-state index contributed by atoms with van der Waals surface area (Å²) in [6.07, 6.45) is 2.45. The van der Waals surface area contributed by atoms with Crippen LogP contribution in [0.4, 0.5) is 4.39 Å². The van der Waals surface area contributed by atoms with Crippen molar-refractivity contribution in [1.29, 1.82) is 0 Å². The Morgan fingerprint density at radius 1 is 1.02 bits per heavy atom. The Labute approximate surface area is 274 Å². The van der Waals surface area contributed by atoms with Crippen LogP contribution in [0.3, 0.4) is 0 Å². The number of nitrogens with zero attached hydrogens (tertiary/aromatic N) is 4. The number of sulfonamides is 1. The Morgan fingerprint density at radius 2 is 1.70 bits per heavy atom. The number of ether oxygens (including phenoxy) is 1. The molecule has 0 radical (unpaired) electrons. The molecule has 1 heterocycles. The third kappa shape index (κ3) is 8.16. The highest BCUT2D eigenvalue weighted by Crippen LogP contribution is 2.39. The van der Waals surface area contributed by atoms with E-state index in [2.05, 4.69) is 18.6 Å². The Hall–Kier alpha value is -2.60. The molecule has 0 saturated heterocycles. The van der Waals surface area contributed by atoms with Crippen molar-refractivity contribution in [2.24, 2.45) is 0 Å². The molecule has 1 aromatic heterocycles. The van der Waals surface area contributed by atoms with Crippen LogP contribution in [0, 0.1) is 5.82 Å². The van der Waals surface area contributed by atoms with Crippen LogP contribution in [-0.2, 0) is 21.2 Å². The maximum atomic E-state index is 13.9. The molecule has 0 aliphatic heterocycles. The number of rotatable bonds is 13. The van der Waals surface area contributed by atoms with Gasteiger partial charge in [-0.25, -0.2) is 17.8 Å². The Morgan fingerprint density at radius 3 is 2.36 bits per heavy atom. The van der Waals surface area contributed by atoms with Crippen LogP contribution in [0.5, 0.6) is 5.75 Å². The second-order valence-corrected chi connectivity index (χ2v) is 15.4. The van der Waals surface area contributed by atoms with Gasteiger partial charge in [0.25, 0.3) is 0 Å². The van der Waals surface area contributed by atoms with Gasteiger partial charge >= 0.3 is 0 Å². The first kappa shape index (κ1) is 34.3. The van der Waals surface area contributed by atoms with Crippen molar-refractivity contribution in [3.05, 3.63) is 104 Å². The molecule has 12 heteroatoms. The van der Waals surface area contributed by atoms with Crippen molar-refractivity contribution in [1.82, 2.24) is 9.55 Å². The summed E-state index contributed by atoms with van der Waals surface area (Å²) in [6, 6.07) is 16.8. The maximum absolute atomic E-state index is 13.9. The molecule has 44 heavy (non-hydrogen) atoms. The van der Waals surface area contributed by atoms with E-state index in [-0.39, 0.29) is 22.3 Å². The molecule has 3 aromatic carbocycles. The van der Waals surface area contributed by atoms with Crippen molar-refractivity contribution in [3.63, 3.8) is 0 Å². The van der Waals surface area contributed by atoms with E-state index in [0.717, 1.165) is 33.5 Å². The number of benzene rings is 3. The summed E-state index contributed by atoms with van der Waals surface area (Å²) in [7, 11) is 3.79. The normalized spacial score (nSPS) is 12.5. The van der Waals surface area contributed by atoms with Gasteiger partial charge in [-0.05, 0) is 66.1 Å². The minimum atomic E-state index is -3.92. The Bertz CT molecular complexity index is 1720. The molecule has 4 aromatic rings. The quantitative estimate of drug-likeness (QED) is 0.0811. The van der Waals surface area contributed by atoms with Crippen LogP contribution in [-0.4, -0.2) is 63.8 Å². The SMILES string of the molecule is COc1cc(C(C)(C)c2cnc(SCc3ccc(Cl)c(S(=O)(=O)[N-]CCC[N+](C)(C)C)c3)n2-c2ccc(F)cc2)ccc1Cl. The van der Waals surface area contributed by atoms with E-state index in [1.807, 2.05) is 37.8 Å². The lowest BCUT2D eigenvalue weighted by Crippen LogP contribution is -2.35. The number of imidazole rings is 1. The van der Waals surface area contributed by atoms with Crippen molar-refractivity contribution in [2.75, 3.05) is 41.3 Å². The molecular weight excluding hydrogens is 642 g/mol. The predicted octanol–water partition coefficient (Wildman–Crippen LogP) is 8.10. The zero-order valence-corrected chi connectivity index (χ0v) is 28.8. The first-order valence-corrected chi connectivity index (χ1v) is 17.1. The molecule has 0 amide bonds. The minimum absolute atomic E-state index is 0.0112. The summed E-state index contributed by atoms with van der Waals surface area (Å²) in [4.78, 5) is 4.74. The first-order chi connectivity index (χ1) is 20.6. The monoisotopic (exact) mass is 678 g/mol. The summed E-state index contributed by atoms with van der Waals surface area (Å²) in [5.41, 5.74) is 2.76. The molecule has 7 nitrogen and oxygen atoms in total. The van der Waals surface area contributed by atoms with Crippen molar-refractivity contribution < 1.29 is 22.0 Å². The summed E-state index contributed by atoms with van der Waals surface area (Å²) in [5.74, 6) is 0.631. The van der Waals surface area contributed by atoms with E-state index < -0.39 is 15.4 Å². The maximum Gasteiger partial charge on any atom is 0.173 e. The zero-order valence-electron chi connectivity index (χ0n) is 25.6. The molecule has 0 fully saturated rings. The van der Waals surface area contributed by atoms with Gasteiger partial charge in [0, 0.05) is 16.9 Å². The highest BCUT2D eigenvalue weighted by Gasteiger charge is 2.30. The zero-order chi connectivity index (χ0) is 32.3. The molecule has 0 unspecified atom stereocenters. The van der Waals surface area contributed by atoms with Gasteiger partial charge in [-0.15, -0.1) is 6.54 Å². The van der Waals surface area contributed by atoms with E-state index in [9.17, 15) is 12.8 Å². The molecule has 0 saturated carbocycles. The van der Waals surface area contributed by atoms with Gasteiger partial charge in [0.2, 0.25) is 0 Å². The van der Waals surface area contributed by atoms with E-state index in [4.69, 9.17) is 32.9 Å². The Balaban J connectivity index is 1.64. The third-order valence-corrected chi connectivity index (χ3v) is 10.4. The molecule has 0 aliphatic carbocycles. The van der Waals surface area contributed by atoms with Crippen LogP contribution in [0.15, 0.2) is 76.9 Å². The number of hydrogen-bond donors (Lipinski definition) is 0. The van der Waals surface area contributed by atoms with E-state index in [1.54, 1.807) is 49.7 Å². The van der Waals surface area contributed by atoms with Crippen LogP contribution < -0.4 is 4.74 Å². The summed E-state index contributed by atoms with van der Waals surface area (Å²) < 4.78 is 52.2. The third-order valence-electron chi connectivity index (χ3n) is 7.22. The second kappa shape index (κ2) is 13.8. The Kier molecular flexibility index (Phi) is 10.8. The van der Waals surface area contributed by atoms with Gasteiger partial charge in [-0.2, -0.15) is 0 Å². The van der Waals surface area contributed by atoms with Gasteiger partial charge < -0.3 is 13.9 Å². The average Bonchev–Trinajstić information content (AvgIpc) is 3.40. The van der Waals surface area contributed by atoms with Crippen molar-refractivity contribution in [3.8, 4) is 11.4 Å². The minimum Gasteiger partial charge on any atom is -0.544 e. The lowest BCUT2D eigenvalue weighted by Gasteiger charge is -2.28. The van der Waals surface area contributed by atoms with Crippen LogP contribution in [0.25, 0.3) is 10.4 Å². The van der Waals surface area contributed by atoms with Crippen molar-refractivity contribution >= 4 is 45.0 Å². The van der Waals surface area contributed by atoms with Gasteiger partial charge in [0.05, 0.1) is 61.6 Å². The molecule has 0 bridgehead atoms.